The lowest BCUT2D eigenvalue weighted by molar-refractivity contribution is 0.416. The predicted octanol–water partition coefficient (Wildman–Crippen LogP) is 4.77. The van der Waals surface area contributed by atoms with E-state index in [0.29, 0.717) is 12.4 Å². The first-order valence-electron chi connectivity index (χ1n) is 8.60. The van der Waals surface area contributed by atoms with Crippen molar-refractivity contribution in [2.75, 3.05) is 17.7 Å². The Morgan fingerprint density at radius 3 is 2.27 bits per heavy atom. The van der Waals surface area contributed by atoms with Gasteiger partial charge in [-0.2, -0.15) is 0 Å². The van der Waals surface area contributed by atoms with Crippen molar-refractivity contribution in [3.05, 3.63) is 71.0 Å². The molecule has 0 aliphatic heterocycles. The number of methoxy groups -OCH3 is 1. The summed E-state index contributed by atoms with van der Waals surface area (Å²) in [4.78, 5) is 8.96. The lowest BCUT2D eigenvalue weighted by atomic mass is 10.1. The highest BCUT2D eigenvalue weighted by Gasteiger charge is 2.07. The molecule has 3 aromatic rings. The second-order valence-electron chi connectivity index (χ2n) is 6.35. The Balaban J connectivity index is 1.77. The van der Waals surface area contributed by atoms with Crippen LogP contribution in [0.15, 0.2) is 48.5 Å². The standard InChI is InChI=1S/C21H24N4O/c1-14-5-8-17(9-6-14)13-22-20-12-21(24-16(3)23-20)25-18-11-15(2)7-10-19(18)26-4/h5-12H,13H2,1-4H3,(H2,22,23,24,25). The van der Waals surface area contributed by atoms with Crippen LogP contribution in [0.4, 0.5) is 17.3 Å². The molecule has 0 saturated heterocycles. The average Bonchev–Trinajstić information content (AvgIpc) is 2.61. The molecule has 0 spiro atoms. The van der Waals surface area contributed by atoms with Crippen LogP contribution in [0.25, 0.3) is 0 Å². The van der Waals surface area contributed by atoms with Crippen LogP contribution in [0.2, 0.25) is 0 Å². The van der Waals surface area contributed by atoms with Gasteiger partial charge in [0, 0.05) is 12.6 Å². The lowest BCUT2D eigenvalue weighted by Crippen LogP contribution is -2.05. The highest BCUT2D eigenvalue weighted by molar-refractivity contribution is 5.66. The predicted molar refractivity (Wildman–Crippen MR) is 106 cm³/mol. The fourth-order valence-electron chi connectivity index (χ4n) is 2.68. The molecule has 1 aromatic heterocycles. The topological polar surface area (TPSA) is 59.1 Å². The first-order chi connectivity index (χ1) is 12.5. The molecule has 0 aliphatic carbocycles. The summed E-state index contributed by atoms with van der Waals surface area (Å²) >= 11 is 0. The van der Waals surface area contributed by atoms with E-state index in [1.54, 1.807) is 7.11 Å². The maximum atomic E-state index is 5.43. The molecule has 134 valence electrons. The second-order valence-corrected chi connectivity index (χ2v) is 6.35. The van der Waals surface area contributed by atoms with Gasteiger partial charge in [0.15, 0.2) is 0 Å². The third-order valence-electron chi connectivity index (χ3n) is 4.05. The highest BCUT2D eigenvalue weighted by Crippen LogP contribution is 2.28. The monoisotopic (exact) mass is 348 g/mol. The van der Waals surface area contributed by atoms with E-state index in [1.807, 2.05) is 38.1 Å². The number of rotatable bonds is 6. The van der Waals surface area contributed by atoms with E-state index in [9.17, 15) is 0 Å². The molecular weight excluding hydrogens is 324 g/mol. The van der Waals surface area contributed by atoms with Crippen molar-refractivity contribution in [3.63, 3.8) is 0 Å². The average molecular weight is 348 g/mol. The zero-order valence-electron chi connectivity index (χ0n) is 15.6. The van der Waals surface area contributed by atoms with Gasteiger partial charge in [0.25, 0.3) is 0 Å². The Kier molecular flexibility index (Phi) is 5.37. The van der Waals surface area contributed by atoms with Crippen molar-refractivity contribution in [2.24, 2.45) is 0 Å². The van der Waals surface area contributed by atoms with E-state index < -0.39 is 0 Å². The summed E-state index contributed by atoms with van der Waals surface area (Å²) in [6.45, 7) is 6.73. The Morgan fingerprint density at radius 2 is 1.54 bits per heavy atom. The first-order valence-corrected chi connectivity index (χ1v) is 8.60. The van der Waals surface area contributed by atoms with E-state index in [4.69, 9.17) is 4.74 Å². The molecule has 0 atom stereocenters. The van der Waals surface area contributed by atoms with Crippen LogP contribution >= 0.6 is 0 Å². The molecule has 0 unspecified atom stereocenters. The summed E-state index contributed by atoms with van der Waals surface area (Å²) < 4.78 is 5.43. The summed E-state index contributed by atoms with van der Waals surface area (Å²) in [5, 5.41) is 6.70. The minimum absolute atomic E-state index is 0.702. The third-order valence-corrected chi connectivity index (χ3v) is 4.05. The number of hydrogen-bond donors (Lipinski definition) is 2. The fraction of sp³-hybridized carbons (Fsp3) is 0.238. The van der Waals surface area contributed by atoms with Crippen molar-refractivity contribution < 1.29 is 4.74 Å². The van der Waals surface area contributed by atoms with Gasteiger partial charge in [-0.1, -0.05) is 35.9 Å². The second kappa shape index (κ2) is 7.87. The molecule has 0 amide bonds. The van der Waals surface area contributed by atoms with Crippen molar-refractivity contribution in [2.45, 2.75) is 27.3 Å². The van der Waals surface area contributed by atoms with Crippen LogP contribution in [-0.4, -0.2) is 17.1 Å². The number of ether oxygens (including phenoxy) is 1. The summed E-state index contributed by atoms with van der Waals surface area (Å²) in [5.74, 6) is 2.99. The molecule has 0 aliphatic rings. The third kappa shape index (κ3) is 4.51. The fourth-order valence-corrected chi connectivity index (χ4v) is 2.68. The Labute approximate surface area is 154 Å². The molecule has 5 nitrogen and oxygen atoms in total. The maximum Gasteiger partial charge on any atom is 0.142 e. The summed E-state index contributed by atoms with van der Waals surface area (Å²) in [6, 6.07) is 16.4. The minimum Gasteiger partial charge on any atom is -0.495 e. The van der Waals surface area contributed by atoms with Crippen molar-refractivity contribution in [3.8, 4) is 5.75 Å². The van der Waals surface area contributed by atoms with Gasteiger partial charge in [-0.15, -0.1) is 0 Å². The number of anilines is 3. The zero-order chi connectivity index (χ0) is 18.5. The SMILES string of the molecule is COc1ccc(C)cc1Nc1cc(NCc2ccc(C)cc2)nc(C)n1. The zero-order valence-corrected chi connectivity index (χ0v) is 15.6. The van der Waals surface area contributed by atoms with E-state index in [1.165, 1.54) is 11.1 Å². The number of hydrogen-bond acceptors (Lipinski definition) is 5. The van der Waals surface area contributed by atoms with Crippen molar-refractivity contribution in [1.29, 1.82) is 0 Å². The van der Waals surface area contributed by atoms with Crippen LogP contribution in [0, 0.1) is 20.8 Å². The maximum absolute atomic E-state index is 5.43. The molecule has 2 aromatic carbocycles. The van der Waals surface area contributed by atoms with Gasteiger partial charge < -0.3 is 15.4 Å². The Hall–Kier alpha value is -3.08. The first kappa shape index (κ1) is 17.7. The van der Waals surface area contributed by atoms with E-state index in [0.717, 1.165) is 28.6 Å². The van der Waals surface area contributed by atoms with E-state index in [2.05, 4.69) is 51.8 Å². The summed E-state index contributed by atoms with van der Waals surface area (Å²) in [5.41, 5.74) is 4.50. The van der Waals surface area contributed by atoms with Crippen LogP contribution in [0.1, 0.15) is 22.5 Å². The number of aryl methyl sites for hydroxylation is 3. The van der Waals surface area contributed by atoms with Gasteiger partial charge in [-0.25, -0.2) is 9.97 Å². The molecule has 0 bridgehead atoms. The number of aromatic nitrogens is 2. The van der Waals surface area contributed by atoms with Crippen molar-refractivity contribution in [1.82, 2.24) is 9.97 Å². The number of nitrogens with zero attached hydrogens (tertiary/aromatic N) is 2. The molecule has 3 rings (SSSR count). The molecular formula is C21H24N4O. The molecule has 1 heterocycles. The highest BCUT2D eigenvalue weighted by atomic mass is 16.5. The Morgan fingerprint density at radius 1 is 0.846 bits per heavy atom. The normalized spacial score (nSPS) is 10.5. The van der Waals surface area contributed by atoms with Crippen LogP contribution in [-0.2, 0) is 6.54 Å². The van der Waals surface area contributed by atoms with Gasteiger partial charge in [-0.05, 0) is 44.0 Å². The Bertz CT molecular complexity index is 891. The van der Waals surface area contributed by atoms with Crippen LogP contribution < -0.4 is 15.4 Å². The quantitative estimate of drug-likeness (QED) is 0.672. The molecule has 5 heteroatoms. The molecule has 0 radical (unpaired) electrons. The van der Waals surface area contributed by atoms with Gasteiger partial charge in [-0.3, -0.25) is 0 Å². The minimum atomic E-state index is 0.702. The number of benzene rings is 2. The number of nitrogens with one attached hydrogen (secondary N) is 2. The lowest BCUT2D eigenvalue weighted by Gasteiger charge is -2.13. The van der Waals surface area contributed by atoms with Gasteiger partial charge in [0.05, 0.1) is 12.8 Å². The molecule has 0 fully saturated rings. The smallest absolute Gasteiger partial charge is 0.142 e. The van der Waals surface area contributed by atoms with E-state index in [-0.39, 0.29) is 0 Å². The molecule has 26 heavy (non-hydrogen) atoms. The largest absolute Gasteiger partial charge is 0.495 e. The van der Waals surface area contributed by atoms with E-state index >= 15 is 0 Å². The van der Waals surface area contributed by atoms with Crippen molar-refractivity contribution >= 4 is 17.3 Å². The summed E-state index contributed by atoms with van der Waals surface area (Å²) in [7, 11) is 1.66. The summed E-state index contributed by atoms with van der Waals surface area (Å²) in [6.07, 6.45) is 0. The van der Waals surface area contributed by atoms with Gasteiger partial charge in [0.1, 0.15) is 23.2 Å². The molecule has 2 N–H and O–H groups in total. The van der Waals surface area contributed by atoms with Crippen LogP contribution in [0.5, 0.6) is 5.75 Å². The van der Waals surface area contributed by atoms with Crippen LogP contribution in [0.3, 0.4) is 0 Å². The van der Waals surface area contributed by atoms with Gasteiger partial charge >= 0.3 is 0 Å². The van der Waals surface area contributed by atoms with Gasteiger partial charge in [0.2, 0.25) is 0 Å². The molecule has 0 saturated carbocycles.